The highest BCUT2D eigenvalue weighted by Gasteiger charge is 2.08. The maximum absolute atomic E-state index is 10.9. The number of hydrogen-bond acceptors (Lipinski definition) is 2. The van der Waals surface area contributed by atoms with Crippen molar-refractivity contribution in [1.82, 2.24) is 0 Å². The van der Waals surface area contributed by atoms with Crippen molar-refractivity contribution in [2.45, 2.75) is 0 Å². The van der Waals surface area contributed by atoms with E-state index in [2.05, 4.69) is 27.2 Å². The first-order chi connectivity index (χ1) is 8.31. The van der Waals surface area contributed by atoms with Crippen LogP contribution in [0.4, 0.5) is 5.69 Å². The topological polar surface area (TPSA) is 29.4 Å². The summed E-state index contributed by atoms with van der Waals surface area (Å²) < 4.78 is 0.977. The van der Waals surface area contributed by atoms with Gasteiger partial charge in [-0.1, -0.05) is 52.3 Å². The Labute approximate surface area is 106 Å². The zero-order valence-corrected chi connectivity index (χ0v) is 10.4. The molecule has 0 radical (unpaired) electrons. The molecule has 82 valence electrons. The quantitative estimate of drug-likeness (QED) is 0.449. The zero-order chi connectivity index (χ0) is 11.8. The van der Waals surface area contributed by atoms with Crippen LogP contribution in [-0.4, -0.2) is 0 Å². The maximum Gasteiger partial charge on any atom is 0.116 e. The molecule has 3 heteroatoms. The number of hydrogen-bond donors (Lipinski definition) is 0. The molecule has 0 spiro atoms. The molecule has 0 aliphatic carbocycles. The fourth-order valence-corrected chi connectivity index (χ4v) is 2.61. The summed E-state index contributed by atoms with van der Waals surface area (Å²) in [5, 5.41) is 7.21. The molecule has 3 aromatic carbocycles. The number of halogens is 1. The van der Waals surface area contributed by atoms with E-state index in [0.717, 1.165) is 26.0 Å². The Kier molecular flexibility index (Phi) is 2.41. The molecule has 0 heterocycles. The minimum absolute atomic E-state index is 0.486. The Balaban J connectivity index is 2.64. The second-order valence-electron chi connectivity index (χ2n) is 3.87. The smallest absolute Gasteiger partial charge is 0.116 e. The van der Waals surface area contributed by atoms with Crippen molar-refractivity contribution in [2.75, 3.05) is 0 Å². The number of nitroso groups, excluding NO2 is 1. The summed E-state index contributed by atoms with van der Waals surface area (Å²) in [5.74, 6) is 0. The predicted octanol–water partition coefficient (Wildman–Crippen LogP) is 5.15. The van der Waals surface area contributed by atoms with Crippen LogP contribution in [0, 0.1) is 4.91 Å². The monoisotopic (exact) mass is 285 g/mol. The highest BCUT2D eigenvalue weighted by atomic mass is 79.9. The van der Waals surface area contributed by atoms with Crippen LogP contribution in [0.2, 0.25) is 0 Å². The van der Waals surface area contributed by atoms with E-state index in [-0.39, 0.29) is 0 Å². The average molecular weight is 286 g/mol. The molecule has 0 amide bonds. The van der Waals surface area contributed by atoms with Gasteiger partial charge >= 0.3 is 0 Å². The van der Waals surface area contributed by atoms with Crippen molar-refractivity contribution >= 4 is 43.2 Å². The Morgan fingerprint density at radius 2 is 1.71 bits per heavy atom. The summed E-state index contributed by atoms with van der Waals surface area (Å²) in [5.41, 5.74) is 0.486. The van der Waals surface area contributed by atoms with E-state index in [4.69, 9.17) is 0 Å². The molecule has 0 aliphatic heterocycles. The maximum atomic E-state index is 10.9. The van der Waals surface area contributed by atoms with Crippen molar-refractivity contribution in [3.63, 3.8) is 0 Å². The number of nitrogens with zero attached hydrogens (tertiary/aromatic N) is 1. The van der Waals surface area contributed by atoms with Crippen LogP contribution < -0.4 is 0 Å². The fourth-order valence-electron chi connectivity index (χ4n) is 2.15. The third-order valence-corrected chi connectivity index (χ3v) is 3.62. The molecule has 3 rings (SSSR count). The lowest BCUT2D eigenvalue weighted by atomic mass is 10.0. The molecule has 17 heavy (non-hydrogen) atoms. The molecular formula is C14H8BrNO. The van der Waals surface area contributed by atoms with Gasteiger partial charge in [0.1, 0.15) is 5.69 Å². The van der Waals surface area contributed by atoms with E-state index in [9.17, 15) is 4.91 Å². The third-order valence-electron chi connectivity index (χ3n) is 2.93. The molecule has 0 fully saturated rings. The van der Waals surface area contributed by atoms with Gasteiger partial charge in [0.2, 0.25) is 0 Å². The normalized spacial score (nSPS) is 10.9. The first-order valence-electron chi connectivity index (χ1n) is 5.24. The van der Waals surface area contributed by atoms with E-state index in [1.54, 1.807) is 6.07 Å². The van der Waals surface area contributed by atoms with Gasteiger partial charge in [-0.05, 0) is 33.5 Å². The van der Waals surface area contributed by atoms with E-state index in [1.165, 1.54) is 0 Å². The van der Waals surface area contributed by atoms with E-state index >= 15 is 0 Å². The van der Waals surface area contributed by atoms with Gasteiger partial charge in [0.15, 0.2) is 0 Å². The van der Waals surface area contributed by atoms with Gasteiger partial charge in [-0.2, -0.15) is 0 Å². The molecule has 0 unspecified atom stereocenters. The fraction of sp³-hybridized carbons (Fsp3) is 0. The molecule has 0 atom stereocenters. The van der Waals surface area contributed by atoms with E-state index in [1.807, 2.05) is 36.4 Å². The third kappa shape index (κ3) is 1.54. The molecule has 0 aromatic heterocycles. The molecule has 0 N–H and O–H groups in total. The van der Waals surface area contributed by atoms with E-state index in [0.29, 0.717) is 5.69 Å². The van der Waals surface area contributed by atoms with Crippen LogP contribution in [0.1, 0.15) is 0 Å². The molecular weight excluding hydrogens is 278 g/mol. The first-order valence-corrected chi connectivity index (χ1v) is 6.04. The summed E-state index contributed by atoms with van der Waals surface area (Å²) in [6.07, 6.45) is 0. The second kappa shape index (κ2) is 3.93. The van der Waals surface area contributed by atoms with Gasteiger partial charge in [-0.15, -0.1) is 4.91 Å². The molecule has 0 saturated heterocycles. The number of benzene rings is 3. The van der Waals surface area contributed by atoms with Crippen LogP contribution in [0.5, 0.6) is 0 Å². The first kappa shape index (κ1) is 10.4. The minimum Gasteiger partial charge on any atom is -0.145 e. The van der Waals surface area contributed by atoms with Gasteiger partial charge in [-0.3, -0.25) is 0 Å². The summed E-state index contributed by atoms with van der Waals surface area (Å²) in [4.78, 5) is 10.9. The highest BCUT2D eigenvalue weighted by molar-refractivity contribution is 9.10. The minimum atomic E-state index is 0.486. The number of rotatable bonds is 1. The average Bonchev–Trinajstić information content (AvgIpc) is 2.39. The summed E-state index contributed by atoms with van der Waals surface area (Å²) in [6, 6.07) is 15.7. The lowest BCUT2D eigenvalue weighted by Crippen LogP contribution is -1.79. The van der Waals surface area contributed by atoms with Crippen LogP contribution in [-0.2, 0) is 0 Å². The van der Waals surface area contributed by atoms with Crippen LogP contribution in [0.15, 0.2) is 58.2 Å². The summed E-state index contributed by atoms with van der Waals surface area (Å²) >= 11 is 3.50. The standard InChI is InChI=1S/C14H8BrNO/c15-12-7-8-13(16-17)14-10-4-2-1-3-9(10)5-6-11(12)14/h1-8H. The van der Waals surface area contributed by atoms with Gasteiger partial charge in [0.25, 0.3) is 0 Å². The van der Waals surface area contributed by atoms with Gasteiger partial charge in [0.05, 0.1) is 0 Å². The lowest BCUT2D eigenvalue weighted by molar-refractivity contribution is 1.54. The van der Waals surface area contributed by atoms with Crippen molar-refractivity contribution in [3.8, 4) is 0 Å². The number of fused-ring (bicyclic) bond motifs is 3. The van der Waals surface area contributed by atoms with Gasteiger partial charge in [0, 0.05) is 9.86 Å². The molecule has 0 bridgehead atoms. The predicted molar refractivity (Wildman–Crippen MR) is 74.6 cm³/mol. The largest absolute Gasteiger partial charge is 0.145 e. The summed E-state index contributed by atoms with van der Waals surface area (Å²) in [6.45, 7) is 0. The Hall–Kier alpha value is -1.74. The Morgan fingerprint density at radius 3 is 2.53 bits per heavy atom. The van der Waals surface area contributed by atoms with Crippen molar-refractivity contribution in [3.05, 3.63) is 57.9 Å². The zero-order valence-electron chi connectivity index (χ0n) is 8.85. The van der Waals surface area contributed by atoms with Crippen molar-refractivity contribution < 1.29 is 0 Å². The lowest BCUT2D eigenvalue weighted by Gasteiger charge is -2.06. The van der Waals surface area contributed by atoms with Gasteiger partial charge < -0.3 is 0 Å². The SMILES string of the molecule is O=Nc1ccc(Br)c2ccc3ccccc3c12. The van der Waals surface area contributed by atoms with Crippen LogP contribution in [0.25, 0.3) is 21.5 Å². The second-order valence-corrected chi connectivity index (χ2v) is 4.72. The van der Waals surface area contributed by atoms with Crippen LogP contribution in [0.3, 0.4) is 0 Å². The molecule has 0 saturated carbocycles. The molecule has 2 nitrogen and oxygen atoms in total. The van der Waals surface area contributed by atoms with Crippen LogP contribution >= 0.6 is 15.9 Å². The molecule has 3 aromatic rings. The van der Waals surface area contributed by atoms with Crippen molar-refractivity contribution in [2.24, 2.45) is 5.18 Å². The van der Waals surface area contributed by atoms with Crippen molar-refractivity contribution in [1.29, 1.82) is 0 Å². The summed E-state index contributed by atoms with van der Waals surface area (Å²) in [7, 11) is 0. The Morgan fingerprint density at radius 1 is 0.882 bits per heavy atom. The Bertz CT molecular complexity index is 737. The van der Waals surface area contributed by atoms with Gasteiger partial charge in [-0.25, -0.2) is 0 Å². The highest BCUT2D eigenvalue weighted by Crippen LogP contribution is 2.36. The van der Waals surface area contributed by atoms with E-state index < -0.39 is 0 Å². The molecule has 0 aliphatic rings.